The van der Waals surface area contributed by atoms with Gasteiger partial charge in [-0.05, 0) is 37.6 Å². The molecule has 0 radical (unpaired) electrons. The standard InChI is InChI=1S/C21H21BrN2O4/c1-12-7-13(2)21-15(8-12)16(5-6-27-21)23-19(25)10-24-17-4-3-14(22)9-18(17)28-11-20(24)26/h3-4,7-9,16H,5-6,10-11H2,1-2H3,(H,23,25). The monoisotopic (exact) mass is 444 g/mol. The third kappa shape index (κ3) is 3.58. The quantitative estimate of drug-likeness (QED) is 0.787. The minimum Gasteiger partial charge on any atom is -0.493 e. The summed E-state index contributed by atoms with van der Waals surface area (Å²) < 4.78 is 12.1. The number of amides is 2. The van der Waals surface area contributed by atoms with E-state index < -0.39 is 0 Å². The molecule has 6 nitrogen and oxygen atoms in total. The Balaban J connectivity index is 1.53. The number of carbonyl (C=O) groups is 2. The Bertz CT molecular complexity index is 960. The molecule has 0 aliphatic carbocycles. The van der Waals surface area contributed by atoms with Crippen molar-refractivity contribution in [3.05, 3.63) is 51.5 Å². The highest BCUT2D eigenvalue weighted by Gasteiger charge is 2.30. The van der Waals surface area contributed by atoms with Gasteiger partial charge in [-0.25, -0.2) is 0 Å². The van der Waals surface area contributed by atoms with Gasteiger partial charge in [-0.2, -0.15) is 0 Å². The molecule has 146 valence electrons. The maximum atomic E-state index is 12.8. The zero-order valence-corrected chi connectivity index (χ0v) is 17.3. The van der Waals surface area contributed by atoms with Crippen molar-refractivity contribution in [3.63, 3.8) is 0 Å². The van der Waals surface area contributed by atoms with E-state index in [9.17, 15) is 9.59 Å². The second-order valence-electron chi connectivity index (χ2n) is 7.14. The Morgan fingerprint density at radius 3 is 2.89 bits per heavy atom. The van der Waals surface area contributed by atoms with E-state index in [1.54, 1.807) is 12.1 Å². The van der Waals surface area contributed by atoms with Gasteiger partial charge >= 0.3 is 0 Å². The summed E-state index contributed by atoms with van der Waals surface area (Å²) >= 11 is 3.39. The van der Waals surface area contributed by atoms with Gasteiger partial charge in [-0.15, -0.1) is 0 Å². The van der Waals surface area contributed by atoms with Gasteiger partial charge in [0, 0.05) is 16.5 Å². The molecule has 1 unspecified atom stereocenters. The minimum absolute atomic E-state index is 0.0473. The zero-order valence-electron chi connectivity index (χ0n) is 15.8. The number of aryl methyl sites for hydroxylation is 2. The van der Waals surface area contributed by atoms with E-state index in [1.807, 2.05) is 19.9 Å². The van der Waals surface area contributed by atoms with Crippen molar-refractivity contribution in [1.82, 2.24) is 5.32 Å². The van der Waals surface area contributed by atoms with Crippen LogP contribution in [0.3, 0.4) is 0 Å². The smallest absolute Gasteiger partial charge is 0.265 e. The molecule has 0 bridgehead atoms. The van der Waals surface area contributed by atoms with Crippen LogP contribution in [0, 0.1) is 13.8 Å². The lowest BCUT2D eigenvalue weighted by Gasteiger charge is -2.31. The van der Waals surface area contributed by atoms with Crippen molar-refractivity contribution >= 4 is 33.4 Å². The predicted octanol–water partition coefficient (Wildman–Crippen LogP) is 3.43. The molecule has 0 fully saturated rings. The summed E-state index contributed by atoms with van der Waals surface area (Å²) in [7, 11) is 0. The molecule has 2 aliphatic heterocycles. The molecular weight excluding hydrogens is 424 g/mol. The van der Waals surface area contributed by atoms with Crippen LogP contribution in [0.15, 0.2) is 34.8 Å². The van der Waals surface area contributed by atoms with E-state index in [-0.39, 0.29) is 31.0 Å². The van der Waals surface area contributed by atoms with Gasteiger partial charge in [0.05, 0.1) is 18.3 Å². The van der Waals surface area contributed by atoms with Crippen molar-refractivity contribution in [2.45, 2.75) is 26.3 Å². The second kappa shape index (κ2) is 7.47. The molecule has 1 atom stereocenters. The number of nitrogens with one attached hydrogen (secondary N) is 1. The topological polar surface area (TPSA) is 67.9 Å². The normalized spacial score (nSPS) is 17.9. The van der Waals surface area contributed by atoms with Gasteiger partial charge in [0.2, 0.25) is 5.91 Å². The Hall–Kier alpha value is -2.54. The molecule has 2 aromatic carbocycles. The maximum Gasteiger partial charge on any atom is 0.265 e. The van der Waals surface area contributed by atoms with Crippen LogP contribution >= 0.6 is 15.9 Å². The maximum absolute atomic E-state index is 12.8. The van der Waals surface area contributed by atoms with E-state index in [0.29, 0.717) is 24.5 Å². The van der Waals surface area contributed by atoms with Crippen molar-refractivity contribution in [3.8, 4) is 11.5 Å². The van der Waals surface area contributed by atoms with Crippen molar-refractivity contribution < 1.29 is 19.1 Å². The Morgan fingerprint density at radius 2 is 2.07 bits per heavy atom. The number of hydrogen-bond acceptors (Lipinski definition) is 4. The van der Waals surface area contributed by atoms with E-state index in [2.05, 4.69) is 33.4 Å². The summed E-state index contributed by atoms with van der Waals surface area (Å²) in [5.74, 6) is 0.995. The van der Waals surface area contributed by atoms with Crippen LogP contribution in [0.2, 0.25) is 0 Å². The number of anilines is 1. The molecule has 0 saturated heterocycles. The SMILES string of the molecule is Cc1cc(C)c2c(c1)C(NC(=O)CN1C(=O)COc3cc(Br)ccc31)CCO2. The predicted molar refractivity (Wildman–Crippen MR) is 109 cm³/mol. The lowest BCUT2D eigenvalue weighted by molar-refractivity contribution is -0.125. The summed E-state index contributed by atoms with van der Waals surface area (Å²) in [6.07, 6.45) is 0.697. The molecular formula is C21H21BrN2O4. The van der Waals surface area contributed by atoms with Crippen molar-refractivity contribution in [2.75, 3.05) is 24.7 Å². The molecule has 0 saturated carbocycles. The van der Waals surface area contributed by atoms with Crippen molar-refractivity contribution in [2.24, 2.45) is 0 Å². The van der Waals surface area contributed by atoms with Gasteiger partial charge in [-0.1, -0.05) is 33.6 Å². The van der Waals surface area contributed by atoms with Gasteiger partial charge in [-0.3, -0.25) is 14.5 Å². The number of nitrogens with zero attached hydrogens (tertiary/aromatic N) is 1. The molecule has 4 rings (SSSR count). The van der Waals surface area contributed by atoms with Crippen LogP contribution in [0.25, 0.3) is 0 Å². The lowest BCUT2D eigenvalue weighted by Crippen LogP contribution is -2.46. The van der Waals surface area contributed by atoms with E-state index in [1.165, 1.54) is 4.90 Å². The summed E-state index contributed by atoms with van der Waals surface area (Å²) in [5, 5.41) is 3.08. The summed E-state index contributed by atoms with van der Waals surface area (Å²) in [5.41, 5.74) is 3.80. The minimum atomic E-state index is -0.232. The summed E-state index contributed by atoms with van der Waals surface area (Å²) in [6, 6.07) is 9.40. The summed E-state index contributed by atoms with van der Waals surface area (Å²) in [4.78, 5) is 26.6. The van der Waals surface area contributed by atoms with Gasteiger partial charge < -0.3 is 14.8 Å². The third-order valence-electron chi connectivity index (χ3n) is 4.98. The average Bonchev–Trinajstić information content (AvgIpc) is 2.64. The van der Waals surface area contributed by atoms with Gasteiger partial charge in [0.25, 0.3) is 5.91 Å². The van der Waals surface area contributed by atoms with Gasteiger partial charge in [0.15, 0.2) is 6.61 Å². The Morgan fingerprint density at radius 1 is 1.25 bits per heavy atom. The van der Waals surface area contributed by atoms with E-state index >= 15 is 0 Å². The summed E-state index contributed by atoms with van der Waals surface area (Å²) in [6.45, 7) is 4.47. The molecule has 1 N–H and O–H groups in total. The highest BCUT2D eigenvalue weighted by Crippen LogP contribution is 2.36. The third-order valence-corrected chi connectivity index (χ3v) is 5.47. The first-order valence-corrected chi connectivity index (χ1v) is 9.97. The largest absolute Gasteiger partial charge is 0.493 e. The molecule has 2 aliphatic rings. The molecule has 2 aromatic rings. The number of fused-ring (bicyclic) bond motifs is 2. The first kappa shape index (κ1) is 18.8. The average molecular weight is 445 g/mol. The zero-order chi connectivity index (χ0) is 19.8. The molecule has 28 heavy (non-hydrogen) atoms. The van der Waals surface area contributed by atoms with Crippen LogP contribution in [0.4, 0.5) is 5.69 Å². The van der Waals surface area contributed by atoms with E-state index in [0.717, 1.165) is 26.9 Å². The number of hydrogen-bond donors (Lipinski definition) is 1. The molecule has 0 spiro atoms. The molecule has 2 amide bonds. The van der Waals surface area contributed by atoms with Crippen LogP contribution < -0.4 is 19.7 Å². The Labute approximate surface area is 171 Å². The highest BCUT2D eigenvalue weighted by atomic mass is 79.9. The molecule has 2 heterocycles. The Kier molecular flexibility index (Phi) is 5.02. The van der Waals surface area contributed by atoms with Gasteiger partial charge in [0.1, 0.15) is 18.0 Å². The van der Waals surface area contributed by atoms with Crippen molar-refractivity contribution in [1.29, 1.82) is 0 Å². The number of benzene rings is 2. The fourth-order valence-corrected chi connectivity index (χ4v) is 4.10. The first-order valence-electron chi connectivity index (χ1n) is 9.18. The van der Waals surface area contributed by atoms with Crippen LogP contribution in [-0.2, 0) is 9.59 Å². The highest BCUT2D eigenvalue weighted by molar-refractivity contribution is 9.10. The second-order valence-corrected chi connectivity index (χ2v) is 8.05. The fraction of sp³-hybridized carbons (Fsp3) is 0.333. The fourth-order valence-electron chi connectivity index (χ4n) is 3.76. The van der Waals surface area contributed by atoms with Crippen LogP contribution in [0.1, 0.15) is 29.2 Å². The number of halogens is 1. The lowest BCUT2D eigenvalue weighted by atomic mass is 9.95. The number of carbonyl (C=O) groups excluding carboxylic acids is 2. The van der Waals surface area contributed by atoms with E-state index in [4.69, 9.17) is 9.47 Å². The van der Waals surface area contributed by atoms with Crippen LogP contribution in [0.5, 0.6) is 11.5 Å². The van der Waals surface area contributed by atoms with Crippen LogP contribution in [-0.4, -0.2) is 31.6 Å². The molecule has 0 aromatic heterocycles. The first-order chi connectivity index (χ1) is 13.4. The molecule has 7 heteroatoms. The number of rotatable bonds is 3. The number of ether oxygens (including phenoxy) is 2.